The maximum absolute atomic E-state index is 11.7. The molecule has 6 heteroatoms. The molecule has 1 aliphatic rings. The number of rotatable bonds is 7. The van der Waals surface area contributed by atoms with E-state index in [2.05, 4.69) is 0 Å². The van der Waals surface area contributed by atoms with Gasteiger partial charge in [-0.1, -0.05) is 0 Å². The first-order valence-electron chi connectivity index (χ1n) is 7.20. The first-order chi connectivity index (χ1) is 9.80. The van der Waals surface area contributed by atoms with Gasteiger partial charge in [0, 0.05) is 6.42 Å². The summed E-state index contributed by atoms with van der Waals surface area (Å²) in [5.74, 6) is -0.276. The van der Waals surface area contributed by atoms with Crippen LogP contribution in [0.4, 0.5) is 4.79 Å². The summed E-state index contributed by atoms with van der Waals surface area (Å²) in [5.41, 5.74) is -0.645. The van der Waals surface area contributed by atoms with Crippen molar-refractivity contribution in [2.75, 3.05) is 13.2 Å². The van der Waals surface area contributed by atoms with E-state index in [0.717, 1.165) is 19.4 Å². The van der Waals surface area contributed by atoms with Gasteiger partial charge in [-0.15, -0.1) is 0 Å². The fourth-order valence-electron chi connectivity index (χ4n) is 1.58. The van der Waals surface area contributed by atoms with E-state index in [-0.39, 0.29) is 12.4 Å². The topological polar surface area (TPSA) is 74.4 Å². The van der Waals surface area contributed by atoms with E-state index in [0.29, 0.717) is 12.5 Å². The van der Waals surface area contributed by atoms with Crippen LogP contribution in [0.15, 0.2) is 11.8 Å². The number of epoxide rings is 1. The largest absolute Gasteiger partial charge is 0.514 e. The molecule has 6 nitrogen and oxygen atoms in total. The summed E-state index contributed by atoms with van der Waals surface area (Å²) < 4.78 is 20.1. The molecule has 120 valence electrons. The van der Waals surface area contributed by atoms with Crippen LogP contribution >= 0.6 is 0 Å². The van der Waals surface area contributed by atoms with E-state index in [1.54, 1.807) is 27.7 Å². The Kier molecular flexibility index (Phi) is 6.68. The highest BCUT2D eigenvalue weighted by atomic mass is 16.7. The Balaban J connectivity index is 2.52. The summed E-state index contributed by atoms with van der Waals surface area (Å²) in [6.45, 7) is 7.99. The summed E-state index contributed by atoms with van der Waals surface area (Å²) in [6, 6.07) is 0. The summed E-state index contributed by atoms with van der Waals surface area (Å²) in [5, 5.41) is 0. The third-order valence-electron chi connectivity index (χ3n) is 2.52. The molecule has 21 heavy (non-hydrogen) atoms. The van der Waals surface area contributed by atoms with Crippen molar-refractivity contribution in [3.8, 4) is 0 Å². The summed E-state index contributed by atoms with van der Waals surface area (Å²) in [6.07, 6.45) is 2.77. The van der Waals surface area contributed by atoms with Gasteiger partial charge in [0.15, 0.2) is 0 Å². The maximum Gasteiger partial charge on any atom is 0.514 e. The zero-order chi connectivity index (χ0) is 15.9. The van der Waals surface area contributed by atoms with Gasteiger partial charge in [0.2, 0.25) is 0 Å². The van der Waals surface area contributed by atoms with Gasteiger partial charge in [-0.3, -0.25) is 0 Å². The molecule has 0 aliphatic carbocycles. The highest BCUT2D eigenvalue weighted by molar-refractivity contribution is 5.82. The fraction of sp³-hybridized carbons (Fsp3) is 0.733. The van der Waals surface area contributed by atoms with E-state index in [1.165, 1.54) is 6.08 Å². The molecule has 0 N–H and O–H groups in total. The van der Waals surface area contributed by atoms with E-state index in [9.17, 15) is 9.59 Å². The minimum Gasteiger partial charge on any atom is -0.463 e. The van der Waals surface area contributed by atoms with Gasteiger partial charge >= 0.3 is 12.1 Å². The molecule has 0 amide bonds. The van der Waals surface area contributed by atoms with Crippen molar-refractivity contribution in [3.05, 3.63) is 11.8 Å². The first kappa shape index (κ1) is 17.5. The molecule has 0 aromatic carbocycles. The maximum atomic E-state index is 11.7. The molecule has 1 aliphatic heterocycles. The predicted octanol–water partition coefficient (Wildman–Crippen LogP) is 2.95. The molecular weight excluding hydrogens is 276 g/mol. The lowest BCUT2D eigenvalue weighted by Gasteiger charge is -2.19. The second-order valence-corrected chi connectivity index (χ2v) is 5.78. The molecule has 1 saturated heterocycles. The van der Waals surface area contributed by atoms with Gasteiger partial charge in [-0.2, -0.15) is 0 Å². The number of carbonyl (C=O) groups excluding carboxylic acids is 2. The van der Waals surface area contributed by atoms with Crippen LogP contribution in [0.3, 0.4) is 0 Å². The number of carbonyl (C=O) groups is 2. The Morgan fingerprint density at radius 2 is 2.00 bits per heavy atom. The van der Waals surface area contributed by atoms with Gasteiger partial charge in [-0.05, 0) is 40.5 Å². The van der Waals surface area contributed by atoms with Crippen molar-refractivity contribution in [1.82, 2.24) is 0 Å². The monoisotopic (exact) mass is 300 g/mol. The zero-order valence-corrected chi connectivity index (χ0v) is 13.1. The smallest absolute Gasteiger partial charge is 0.463 e. The highest BCUT2D eigenvalue weighted by Crippen LogP contribution is 2.20. The van der Waals surface area contributed by atoms with Crippen molar-refractivity contribution in [2.24, 2.45) is 0 Å². The number of hydrogen-bond acceptors (Lipinski definition) is 6. The summed E-state index contributed by atoms with van der Waals surface area (Å²) in [7, 11) is 0. The number of hydrogen-bond donors (Lipinski definition) is 0. The molecule has 0 radical (unpaired) electrons. The van der Waals surface area contributed by atoms with Crippen LogP contribution in [0, 0.1) is 0 Å². The Morgan fingerprint density at radius 1 is 1.33 bits per heavy atom. The van der Waals surface area contributed by atoms with Crippen molar-refractivity contribution < 1.29 is 28.5 Å². The Bertz CT molecular complexity index is 389. The average Bonchev–Trinajstić information content (AvgIpc) is 3.10. The van der Waals surface area contributed by atoms with Crippen LogP contribution in [0.2, 0.25) is 0 Å². The van der Waals surface area contributed by atoms with Gasteiger partial charge < -0.3 is 18.9 Å². The van der Waals surface area contributed by atoms with Crippen LogP contribution < -0.4 is 0 Å². The lowest BCUT2D eigenvalue weighted by atomic mass is 10.2. The standard InChI is InChI=1S/C15H24O6/c1-5-18-13(16)9-11(7-6-8-12-10-19-12)20-14(17)21-15(2,3)4/h9,12H,5-8,10H2,1-4H3/b11-9+. The Morgan fingerprint density at radius 3 is 2.52 bits per heavy atom. The van der Waals surface area contributed by atoms with E-state index in [4.69, 9.17) is 18.9 Å². The average molecular weight is 300 g/mol. The lowest BCUT2D eigenvalue weighted by Crippen LogP contribution is -2.24. The SMILES string of the molecule is CCOC(=O)/C=C(\CCCC1CO1)OC(=O)OC(C)(C)C. The summed E-state index contributed by atoms with van der Waals surface area (Å²) >= 11 is 0. The van der Waals surface area contributed by atoms with Crippen LogP contribution in [0.1, 0.15) is 47.0 Å². The first-order valence-corrected chi connectivity index (χ1v) is 7.20. The zero-order valence-electron chi connectivity index (χ0n) is 13.1. The van der Waals surface area contributed by atoms with Crippen molar-refractivity contribution in [2.45, 2.75) is 58.7 Å². The Hall–Kier alpha value is -1.56. The van der Waals surface area contributed by atoms with Crippen LogP contribution in [0.5, 0.6) is 0 Å². The van der Waals surface area contributed by atoms with Crippen LogP contribution in [-0.4, -0.2) is 37.0 Å². The third kappa shape index (κ3) is 9.07. The normalized spacial score (nSPS) is 18.1. The van der Waals surface area contributed by atoms with Crippen LogP contribution in [0.25, 0.3) is 0 Å². The number of ether oxygens (including phenoxy) is 4. The molecule has 1 heterocycles. The predicted molar refractivity (Wildman–Crippen MR) is 75.6 cm³/mol. The second-order valence-electron chi connectivity index (χ2n) is 5.78. The van der Waals surface area contributed by atoms with Gasteiger partial charge in [0.25, 0.3) is 0 Å². The molecular formula is C15H24O6. The fourth-order valence-corrected chi connectivity index (χ4v) is 1.58. The van der Waals surface area contributed by atoms with E-state index < -0.39 is 17.7 Å². The molecule has 0 aromatic rings. The lowest BCUT2D eigenvalue weighted by molar-refractivity contribution is -0.137. The van der Waals surface area contributed by atoms with Gasteiger partial charge in [0.05, 0.1) is 25.4 Å². The molecule has 0 bridgehead atoms. The number of allylic oxidation sites excluding steroid dienone is 1. The number of esters is 1. The van der Waals surface area contributed by atoms with Gasteiger partial charge in [-0.25, -0.2) is 9.59 Å². The van der Waals surface area contributed by atoms with Crippen LogP contribution in [-0.2, 0) is 23.7 Å². The third-order valence-corrected chi connectivity index (χ3v) is 2.52. The second kappa shape index (κ2) is 8.02. The molecule has 0 aromatic heterocycles. The Labute approximate surface area is 125 Å². The quantitative estimate of drug-likeness (QED) is 0.311. The van der Waals surface area contributed by atoms with Gasteiger partial charge in [0.1, 0.15) is 11.4 Å². The minimum absolute atomic E-state index is 0.253. The van der Waals surface area contributed by atoms with E-state index >= 15 is 0 Å². The molecule has 1 atom stereocenters. The van der Waals surface area contributed by atoms with Crippen molar-refractivity contribution in [3.63, 3.8) is 0 Å². The van der Waals surface area contributed by atoms with Crippen molar-refractivity contribution in [1.29, 1.82) is 0 Å². The minimum atomic E-state index is -0.819. The summed E-state index contributed by atoms with van der Waals surface area (Å²) in [4.78, 5) is 23.1. The molecule has 1 unspecified atom stereocenters. The highest BCUT2D eigenvalue weighted by Gasteiger charge is 2.23. The molecule has 1 fully saturated rings. The van der Waals surface area contributed by atoms with Crippen molar-refractivity contribution >= 4 is 12.1 Å². The van der Waals surface area contributed by atoms with E-state index in [1.807, 2.05) is 0 Å². The molecule has 0 saturated carbocycles. The molecule has 0 spiro atoms. The molecule has 1 rings (SSSR count).